The average molecular weight is 392 g/mol. The van der Waals surface area contributed by atoms with E-state index in [-0.39, 0.29) is 5.91 Å². The van der Waals surface area contributed by atoms with Crippen molar-refractivity contribution in [2.45, 2.75) is 32.5 Å². The van der Waals surface area contributed by atoms with Crippen LogP contribution in [0.1, 0.15) is 34.0 Å². The highest BCUT2D eigenvalue weighted by Gasteiger charge is 2.21. The van der Waals surface area contributed by atoms with E-state index in [4.69, 9.17) is 9.47 Å². The first-order chi connectivity index (χ1) is 14.2. The molecule has 2 heterocycles. The Balaban J connectivity index is 1.45. The van der Waals surface area contributed by atoms with Gasteiger partial charge in [0.2, 0.25) is 0 Å². The van der Waals surface area contributed by atoms with Gasteiger partial charge in [0.05, 0.1) is 13.7 Å². The van der Waals surface area contributed by atoms with Crippen LogP contribution in [0.25, 0.3) is 0 Å². The molecule has 1 amide bonds. The summed E-state index contributed by atoms with van der Waals surface area (Å²) in [6, 6.07) is 15.2. The highest BCUT2D eigenvalue weighted by atomic mass is 16.5. The Morgan fingerprint density at radius 2 is 1.97 bits per heavy atom. The number of fused-ring (bicyclic) bond motifs is 1. The van der Waals surface area contributed by atoms with Crippen molar-refractivity contribution in [2.75, 3.05) is 14.2 Å². The number of aryl methyl sites for hydroxylation is 1. The van der Waals surface area contributed by atoms with Crippen molar-refractivity contribution in [1.29, 1.82) is 0 Å². The Morgan fingerprint density at radius 3 is 2.76 bits per heavy atom. The molecule has 150 valence electrons. The standard InChI is InChI=1S/C22H24N4O3/c1-25(14-21-24-23-20-9-6-12-26(20)21)22(27)17-10-11-18(19(13-17)28-2)29-15-16-7-4-3-5-8-16/h3-5,7-8,10-11,13H,6,9,12,14-15H2,1-2H3. The lowest BCUT2D eigenvalue weighted by atomic mass is 10.1. The van der Waals surface area contributed by atoms with Crippen molar-refractivity contribution in [3.8, 4) is 11.5 Å². The van der Waals surface area contributed by atoms with E-state index < -0.39 is 0 Å². The van der Waals surface area contributed by atoms with Crippen molar-refractivity contribution < 1.29 is 14.3 Å². The third-order valence-corrected chi connectivity index (χ3v) is 5.06. The van der Waals surface area contributed by atoms with Gasteiger partial charge in [0.1, 0.15) is 12.4 Å². The number of methoxy groups -OCH3 is 1. The van der Waals surface area contributed by atoms with Crippen LogP contribution in [0.5, 0.6) is 11.5 Å². The molecule has 4 rings (SSSR count). The average Bonchev–Trinajstić information content (AvgIpc) is 3.37. The zero-order chi connectivity index (χ0) is 20.2. The molecule has 0 saturated carbocycles. The second-order valence-corrected chi connectivity index (χ2v) is 7.09. The number of hydrogen-bond acceptors (Lipinski definition) is 5. The summed E-state index contributed by atoms with van der Waals surface area (Å²) < 4.78 is 13.4. The molecule has 0 radical (unpaired) electrons. The molecular formula is C22H24N4O3. The molecule has 0 spiro atoms. The molecule has 7 nitrogen and oxygen atoms in total. The summed E-state index contributed by atoms with van der Waals surface area (Å²) in [7, 11) is 3.34. The number of hydrogen-bond donors (Lipinski definition) is 0. The largest absolute Gasteiger partial charge is 0.493 e. The van der Waals surface area contributed by atoms with E-state index >= 15 is 0 Å². The van der Waals surface area contributed by atoms with E-state index in [0.29, 0.717) is 30.2 Å². The molecule has 1 aliphatic rings. The van der Waals surface area contributed by atoms with Gasteiger partial charge >= 0.3 is 0 Å². The molecule has 3 aromatic rings. The molecule has 0 fully saturated rings. The number of nitrogens with zero attached hydrogens (tertiary/aromatic N) is 4. The molecule has 0 atom stereocenters. The summed E-state index contributed by atoms with van der Waals surface area (Å²) in [5.74, 6) is 2.85. The lowest BCUT2D eigenvalue weighted by molar-refractivity contribution is 0.0779. The minimum atomic E-state index is -0.103. The lowest BCUT2D eigenvalue weighted by Gasteiger charge is -2.18. The summed E-state index contributed by atoms with van der Waals surface area (Å²) in [4.78, 5) is 14.5. The molecule has 0 aliphatic carbocycles. The number of rotatable bonds is 7. The second-order valence-electron chi connectivity index (χ2n) is 7.09. The van der Waals surface area contributed by atoms with E-state index in [1.807, 2.05) is 30.3 Å². The maximum Gasteiger partial charge on any atom is 0.254 e. The highest BCUT2D eigenvalue weighted by Crippen LogP contribution is 2.29. The number of aromatic nitrogens is 3. The zero-order valence-corrected chi connectivity index (χ0v) is 16.7. The summed E-state index contributed by atoms with van der Waals surface area (Å²) in [6.45, 7) is 1.77. The van der Waals surface area contributed by atoms with Gasteiger partial charge in [-0.2, -0.15) is 0 Å². The number of benzene rings is 2. The normalized spacial score (nSPS) is 12.5. The van der Waals surface area contributed by atoms with Crippen LogP contribution in [-0.2, 0) is 26.1 Å². The summed E-state index contributed by atoms with van der Waals surface area (Å²) in [5, 5.41) is 8.43. The van der Waals surface area contributed by atoms with E-state index in [9.17, 15) is 4.79 Å². The van der Waals surface area contributed by atoms with Crippen LogP contribution in [0.2, 0.25) is 0 Å². The fourth-order valence-electron chi connectivity index (χ4n) is 3.49. The molecule has 1 aromatic heterocycles. The first kappa shape index (κ1) is 19.0. The summed E-state index contributed by atoms with van der Waals surface area (Å²) >= 11 is 0. The Labute approximate surface area is 169 Å². The van der Waals surface area contributed by atoms with Gasteiger partial charge in [-0.1, -0.05) is 30.3 Å². The van der Waals surface area contributed by atoms with Gasteiger partial charge in [0, 0.05) is 25.6 Å². The first-order valence-electron chi connectivity index (χ1n) is 9.67. The number of amides is 1. The number of carbonyl (C=O) groups is 1. The third-order valence-electron chi connectivity index (χ3n) is 5.06. The first-order valence-corrected chi connectivity index (χ1v) is 9.67. The molecule has 0 unspecified atom stereocenters. The van der Waals surface area contributed by atoms with Crippen molar-refractivity contribution in [3.63, 3.8) is 0 Å². The fourth-order valence-corrected chi connectivity index (χ4v) is 3.49. The third kappa shape index (κ3) is 4.08. The zero-order valence-electron chi connectivity index (χ0n) is 16.7. The van der Waals surface area contributed by atoms with Crippen LogP contribution >= 0.6 is 0 Å². The van der Waals surface area contributed by atoms with Crippen LogP contribution in [0.4, 0.5) is 0 Å². The maximum absolute atomic E-state index is 12.9. The lowest BCUT2D eigenvalue weighted by Crippen LogP contribution is -2.27. The van der Waals surface area contributed by atoms with Crippen molar-refractivity contribution in [2.24, 2.45) is 0 Å². The van der Waals surface area contributed by atoms with E-state index in [1.54, 1.807) is 37.3 Å². The quantitative estimate of drug-likeness (QED) is 0.618. The topological polar surface area (TPSA) is 69.5 Å². The second kappa shape index (κ2) is 8.34. The molecule has 7 heteroatoms. The highest BCUT2D eigenvalue weighted by molar-refractivity contribution is 5.94. The van der Waals surface area contributed by atoms with E-state index in [2.05, 4.69) is 14.8 Å². The Kier molecular flexibility index (Phi) is 5.46. The van der Waals surface area contributed by atoms with Gasteiger partial charge in [0.15, 0.2) is 17.3 Å². The molecule has 0 saturated heterocycles. The van der Waals surface area contributed by atoms with Crippen LogP contribution in [0.15, 0.2) is 48.5 Å². The van der Waals surface area contributed by atoms with E-state index in [1.165, 1.54) is 0 Å². The van der Waals surface area contributed by atoms with Crippen LogP contribution in [-0.4, -0.2) is 39.7 Å². The van der Waals surface area contributed by atoms with Gasteiger partial charge in [-0.3, -0.25) is 4.79 Å². The molecule has 2 aromatic carbocycles. The smallest absolute Gasteiger partial charge is 0.254 e. The minimum Gasteiger partial charge on any atom is -0.493 e. The molecule has 1 aliphatic heterocycles. The van der Waals surface area contributed by atoms with Gasteiger partial charge in [-0.15, -0.1) is 10.2 Å². The van der Waals surface area contributed by atoms with Gasteiger partial charge in [-0.05, 0) is 30.2 Å². The number of ether oxygens (including phenoxy) is 2. The molecule has 0 bridgehead atoms. The summed E-state index contributed by atoms with van der Waals surface area (Å²) in [6.07, 6.45) is 2.03. The van der Waals surface area contributed by atoms with E-state index in [0.717, 1.165) is 36.6 Å². The fraction of sp³-hybridized carbons (Fsp3) is 0.318. The van der Waals surface area contributed by atoms with Crippen molar-refractivity contribution in [1.82, 2.24) is 19.7 Å². The molecular weight excluding hydrogens is 368 g/mol. The SMILES string of the molecule is COc1cc(C(=O)N(C)Cc2nnc3n2CCC3)ccc1OCc1ccccc1. The van der Waals surface area contributed by atoms with Gasteiger partial charge in [0.25, 0.3) is 5.91 Å². The predicted molar refractivity (Wildman–Crippen MR) is 108 cm³/mol. The van der Waals surface area contributed by atoms with Crippen LogP contribution in [0.3, 0.4) is 0 Å². The predicted octanol–water partition coefficient (Wildman–Crippen LogP) is 3.08. The van der Waals surface area contributed by atoms with Crippen molar-refractivity contribution in [3.05, 3.63) is 71.3 Å². The Hall–Kier alpha value is -3.35. The Bertz CT molecular complexity index is 1000. The Morgan fingerprint density at radius 1 is 1.14 bits per heavy atom. The molecule has 29 heavy (non-hydrogen) atoms. The van der Waals surface area contributed by atoms with Crippen LogP contribution in [0, 0.1) is 0 Å². The van der Waals surface area contributed by atoms with Crippen LogP contribution < -0.4 is 9.47 Å². The molecule has 0 N–H and O–H groups in total. The number of carbonyl (C=O) groups excluding carboxylic acids is 1. The maximum atomic E-state index is 12.9. The minimum absolute atomic E-state index is 0.103. The monoisotopic (exact) mass is 392 g/mol. The van der Waals surface area contributed by atoms with Gasteiger partial charge in [-0.25, -0.2) is 0 Å². The van der Waals surface area contributed by atoms with Crippen molar-refractivity contribution >= 4 is 5.91 Å². The summed E-state index contributed by atoms with van der Waals surface area (Å²) in [5.41, 5.74) is 1.60. The van der Waals surface area contributed by atoms with Gasteiger partial charge < -0.3 is 18.9 Å².